The van der Waals surface area contributed by atoms with Crippen molar-refractivity contribution in [2.45, 2.75) is 31.4 Å². The molecule has 112 valence electrons. The van der Waals surface area contributed by atoms with Gasteiger partial charge in [-0.2, -0.15) is 0 Å². The summed E-state index contributed by atoms with van der Waals surface area (Å²) in [5, 5.41) is 0. The van der Waals surface area contributed by atoms with E-state index in [-0.39, 0.29) is 11.9 Å². The van der Waals surface area contributed by atoms with Crippen molar-refractivity contribution in [2.24, 2.45) is 17.6 Å². The number of hydrogen-bond donors (Lipinski definition) is 1. The molecule has 1 aromatic carbocycles. The monoisotopic (exact) mass is 286 g/mol. The first-order chi connectivity index (χ1) is 10.2. The summed E-state index contributed by atoms with van der Waals surface area (Å²) in [4.78, 5) is 14.8. The number of fused-ring (bicyclic) bond motifs is 2. The van der Waals surface area contributed by atoms with Crippen LogP contribution >= 0.6 is 0 Å². The van der Waals surface area contributed by atoms with Crippen LogP contribution < -0.4 is 5.73 Å². The standard InChI is InChI=1S/C17H22N2O2/c18-15-6-5-12-9-19(10-14(12)15)17(20)16-13-4-2-1-3-11(13)7-8-21-16/h1-4,12,14-16H,5-10,18H2/t12-,14+,15-,16+/m1/s1. The quantitative estimate of drug-likeness (QED) is 0.851. The Kier molecular flexibility index (Phi) is 3.23. The molecule has 1 aliphatic carbocycles. The van der Waals surface area contributed by atoms with E-state index >= 15 is 0 Å². The van der Waals surface area contributed by atoms with Gasteiger partial charge in [0.2, 0.25) is 0 Å². The number of hydrogen-bond acceptors (Lipinski definition) is 3. The third kappa shape index (κ3) is 2.17. The largest absolute Gasteiger partial charge is 0.363 e. The summed E-state index contributed by atoms with van der Waals surface area (Å²) < 4.78 is 5.81. The molecule has 0 spiro atoms. The average Bonchev–Trinajstić information content (AvgIpc) is 3.08. The lowest BCUT2D eigenvalue weighted by molar-refractivity contribution is -0.144. The van der Waals surface area contributed by atoms with Crippen LogP contribution in [-0.4, -0.2) is 36.5 Å². The Morgan fingerprint density at radius 1 is 1.24 bits per heavy atom. The molecule has 4 atom stereocenters. The van der Waals surface area contributed by atoms with Crippen LogP contribution in [0.3, 0.4) is 0 Å². The second-order valence-electron chi connectivity index (χ2n) is 6.61. The first kappa shape index (κ1) is 13.3. The number of carbonyl (C=O) groups is 1. The van der Waals surface area contributed by atoms with Crippen molar-refractivity contribution in [1.82, 2.24) is 4.90 Å². The van der Waals surface area contributed by atoms with Crippen molar-refractivity contribution >= 4 is 5.91 Å². The maximum atomic E-state index is 12.9. The fraction of sp³-hybridized carbons (Fsp3) is 0.588. The van der Waals surface area contributed by atoms with E-state index in [0.717, 1.165) is 37.9 Å². The van der Waals surface area contributed by atoms with E-state index in [1.807, 2.05) is 23.1 Å². The number of nitrogens with two attached hydrogens (primary N) is 1. The fourth-order valence-corrected chi connectivity index (χ4v) is 4.25. The summed E-state index contributed by atoms with van der Waals surface area (Å²) in [7, 11) is 0. The van der Waals surface area contributed by atoms with E-state index in [0.29, 0.717) is 18.4 Å². The van der Waals surface area contributed by atoms with Gasteiger partial charge >= 0.3 is 0 Å². The van der Waals surface area contributed by atoms with E-state index in [9.17, 15) is 4.79 Å². The molecule has 0 radical (unpaired) electrons. The molecule has 1 saturated carbocycles. The van der Waals surface area contributed by atoms with E-state index in [4.69, 9.17) is 10.5 Å². The van der Waals surface area contributed by atoms with Crippen molar-refractivity contribution in [2.75, 3.05) is 19.7 Å². The molecule has 1 aromatic rings. The summed E-state index contributed by atoms with van der Waals surface area (Å²) in [5.74, 6) is 1.22. The Hall–Kier alpha value is -1.39. The average molecular weight is 286 g/mol. The lowest BCUT2D eigenvalue weighted by atomic mass is 9.97. The highest BCUT2D eigenvalue weighted by molar-refractivity contribution is 5.83. The van der Waals surface area contributed by atoms with Crippen LogP contribution in [0.1, 0.15) is 30.1 Å². The molecule has 0 aromatic heterocycles. The predicted octanol–water partition coefficient (Wildman–Crippen LogP) is 1.50. The van der Waals surface area contributed by atoms with Gasteiger partial charge in [-0.05, 0) is 42.2 Å². The third-order valence-corrected chi connectivity index (χ3v) is 5.44. The lowest BCUT2D eigenvalue weighted by Crippen LogP contribution is -2.38. The number of nitrogens with zero attached hydrogens (tertiary/aromatic N) is 1. The molecular formula is C17H22N2O2. The number of likely N-dealkylation sites (tertiary alicyclic amines) is 1. The molecule has 2 fully saturated rings. The molecule has 21 heavy (non-hydrogen) atoms. The van der Waals surface area contributed by atoms with Crippen LogP contribution in [0.15, 0.2) is 24.3 Å². The third-order valence-electron chi connectivity index (χ3n) is 5.44. The second kappa shape index (κ2) is 5.11. The molecule has 0 bridgehead atoms. The number of carbonyl (C=O) groups excluding carboxylic acids is 1. The topological polar surface area (TPSA) is 55.6 Å². The van der Waals surface area contributed by atoms with Crippen molar-refractivity contribution < 1.29 is 9.53 Å². The van der Waals surface area contributed by atoms with Gasteiger partial charge in [-0.25, -0.2) is 0 Å². The van der Waals surface area contributed by atoms with Crippen molar-refractivity contribution in [1.29, 1.82) is 0 Å². The molecule has 4 heteroatoms. The van der Waals surface area contributed by atoms with Gasteiger partial charge in [-0.1, -0.05) is 24.3 Å². The van der Waals surface area contributed by atoms with Gasteiger partial charge in [0.05, 0.1) is 6.61 Å². The summed E-state index contributed by atoms with van der Waals surface area (Å²) in [6.07, 6.45) is 2.76. The molecule has 3 aliphatic rings. The van der Waals surface area contributed by atoms with Crippen molar-refractivity contribution in [3.8, 4) is 0 Å². The Morgan fingerprint density at radius 2 is 2.10 bits per heavy atom. The minimum atomic E-state index is -0.412. The van der Waals surface area contributed by atoms with Gasteiger partial charge in [0, 0.05) is 19.1 Å². The molecule has 2 N–H and O–H groups in total. The van der Waals surface area contributed by atoms with Crippen LogP contribution in [0, 0.1) is 11.8 Å². The Balaban J connectivity index is 1.54. The smallest absolute Gasteiger partial charge is 0.256 e. The number of benzene rings is 1. The summed E-state index contributed by atoms with van der Waals surface area (Å²) in [5.41, 5.74) is 8.47. The molecule has 2 aliphatic heterocycles. The Labute approximate surface area is 125 Å². The summed E-state index contributed by atoms with van der Waals surface area (Å²) >= 11 is 0. The normalized spacial score (nSPS) is 34.6. The molecular weight excluding hydrogens is 264 g/mol. The van der Waals surface area contributed by atoms with E-state index in [1.165, 1.54) is 5.56 Å². The van der Waals surface area contributed by atoms with Crippen LogP contribution in [-0.2, 0) is 16.0 Å². The maximum Gasteiger partial charge on any atom is 0.256 e. The summed E-state index contributed by atoms with van der Waals surface area (Å²) in [6, 6.07) is 8.42. The van der Waals surface area contributed by atoms with Gasteiger partial charge < -0.3 is 15.4 Å². The molecule has 1 amide bonds. The minimum Gasteiger partial charge on any atom is -0.363 e. The van der Waals surface area contributed by atoms with Crippen LogP contribution in [0.25, 0.3) is 0 Å². The minimum absolute atomic E-state index is 0.128. The van der Waals surface area contributed by atoms with E-state index < -0.39 is 6.10 Å². The van der Waals surface area contributed by atoms with Gasteiger partial charge in [-0.3, -0.25) is 4.79 Å². The predicted molar refractivity (Wildman–Crippen MR) is 79.6 cm³/mol. The van der Waals surface area contributed by atoms with Crippen LogP contribution in [0.2, 0.25) is 0 Å². The zero-order chi connectivity index (χ0) is 14.4. The van der Waals surface area contributed by atoms with E-state index in [2.05, 4.69) is 6.07 Å². The first-order valence-electron chi connectivity index (χ1n) is 7.98. The van der Waals surface area contributed by atoms with Crippen molar-refractivity contribution in [3.63, 3.8) is 0 Å². The molecule has 0 unspecified atom stereocenters. The molecule has 4 rings (SSSR count). The Bertz CT molecular complexity index is 559. The highest BCUT2D eigenvalue weighted by Crippen LogP contribution is 2.39. The molecule has 1 saturated heterocycles. The fourth-order valence-electron chi connectivity index (χ4n) is 4.25. The second-order valence-corrected chi connectivity index (χ2v) is 6.61. The Morgan fingerprint density at radius 3 is 2.95 bits per heavy atom. The first-order valence-corrected chi connectivity index (χ1v) is 7.98. The lowest BCUT2D eigenvalue weighted by Gasteiger charge is -2.29. The number of rotatable bonds is 1. The van der Waals surface area contributed by atoms with Crippen molar-refractivity contribution in [3.05, 3.63) is 35.4 Å². The highest BCUT2D eigenvalue weighted by atomic mass is 16.5. The van der Waals surface area contributed by atoms with Gasteiger partial charge in [0.25, 0.3) is 5.91 Å². The van der Waals surface area contributed by atoms with E-state index in [1.54, 1.807) is 0 Å². The maximum absolute atomic E-state index is 12.9. The summed E-state index contributed by atoms with van der Waals surface area (Å²) in [6.45, 7) is 2.31. The number of ether oxygens (including phenoxy) is 1. The molecule has 4 nitrogen and oxygen atoms in total. The van der Waals surface area contributed by atoms with Gasteiger partial charge in [0.15, 0.2) is 6.10 Å². The molecule has 2 heterocycles. The van der Waals surface area contributed by atoms with Crippen LogP contribution in [0.5, 0.6) is 0 Å². The SMILES string of the molecule is N[C@@H]1CC[C@@H]2CN(C(=O)[C@H]3OCCc4ccccc43)C[C@@H]21. The number of amides is 1. The van der Waals surface area contributed by atoms with Gasteiger partial charge in [0.1, 0.15) is 0 Å². The van der Waals surface area contributed by atoms with Gasteiger partial charge in [-0.15, -0.1) is 0 Å². The zero-order valence-electron chi connectivity index (χ0n) is 12.2. The highest BCUT2D eigenvalue weighted by Gasteiger charge is 2.44. The van der Waals surface area contributed by atoms with Crippen LogP contribution in [0.4, 0.5) is 0 Å². The zero-order valence-corrected chi connectivity index (χ0v) is 12.2.